The highest BCUT2D eigenvalue weighted by Gasteiger charge is 2.18. The minimum atomic E-state index is -0.425. The Labute approximate surface area is 89.3 Å². The lowest BCUT2D eigenvalue weighted by atomic mass is 10.2. The molecule has 0 unspecified atom stereocenters. The molecular weight excluding hydrogens is 188 g/mol. The van der Waals surface area contributed by atoms with Crippen LogP contribution in [0.5, 0.6) is 0 Å². The van der Waals surface area contributed by atoms with Gasteiger partial charge in [0, 0.05) is 11.8 Å². The number of benzene rings is 1. The van der Waals surface area contributed by atoms with Gasteiger partial charge in [-0.1, -0.05) is 36.3 Å². The second-order valence-electron chi connectivity index (χ2n) is 3.61. The molecule has 1 aromatic rings. The van der Waals surface area contributed by atoms with E-state index in [2.05, 4.69) is 11.8 Å². The second kappa shape index (κ2) is 4.65. The number of ether oxygens (including phenoxy) is 1. The van der Waals surface area contributed by atoms with Gasteiger partial charge < -0.3 is 4.74 Å². The van der Waals surface area contributed by atoms with Crippen molar-refractivity contribution in [1.29, 1.82) is 0 Å². The van der Waals surface area contributed by atoms with Crippen molar-refractivity contribution in [1.82, 2.24) is 0 Å². The summed E-state index contributed by atoms with van der Waals surface area (Å²) in [6, 6.07) is 9.60. The molecule has 1 aromatic carbocycles. The van der Waals surface area contributed by atoms with Crippen LogP contribution in [0.2, 0.25) is 0 Å². The van der Waals surface area contributed by atoms with E-state index >= 15 is 0 Å². The quantitative estimate of drug-likeness (QED) is 0.415. The van der Waals surface area contributed by atoms with E-state index in [0.717, 1.165) is 18.4 Å². The van der Waals surface area contributed by atoms with Gasteiger partial charge in [-0.15, -0.1) is 0 Å². The summed E-state index contributed by atoms with van der Waals surface area (Å²) in [5.41, 5.74) is 0.985. The van der Waals surface area contributed by atoms with Gasteiger partial charge in [-0.25, -0.2) is 4.79 Å². The normalized spacial score (nSPS) is 13.9. The molecule has 1 fully saturated rings. The van der Waals surface area contributed by atoms with Crippen molar-refractivity contribution >= 4 is 5.97 Å². The maximum Gasteiger partial charge on any atom is 0.384 e. The average Bonchev–Trinajstić information content (AvgIpc) is 3.09. The number of carbonyl (C=O) groups is 1. The van der Waals surface area contributed by atoms with Gasteiger partial charge in [0.15, 0.2) is 0 Å². The molecule has 0 saturated heterocycles. The molecule has 1 aliphatic rings. The molecular formula is C13H12O2. The third-order valence-corrected chi connectivity index (χ3v) is 2.17. The van der Waals surface area contributed by atoms with Crippen molar-refractivity contribution in [3.05, 3.63) is 35.9 Å². The van der Waals surface area contributed by atoms with E-state index in [1.54, 1.807) is 0 Å². The van der Waals surface area contributed by atoms with Gasteiger partial charge in [0.25, 0.3) is 0 Å². The molecule has 2 rings (SSSR count). The fourth-order valence-corrected chi connectivity index (χ4v) is 1.15. The summed E-state index contributed by atoms with van der Waals surface area (Å²) in [5.74, 6) is 5.39. The van der Waals surface area contributed by atoms with Crippen LogP contribution in [0.4, 0.5) is 0 Å². The Morgan fingerprint density at radius 2 is 2.07 bits per heavy atom. The summed E-state index contributed by atoms with van der Waals surface area (Å²) < 4.78 is 4.99. The standard InChI is InChI=1S/C13H12O2/c14-13(9-8-11-6-7-11)15-10-12-4-2-1-3-5-12/h1-5,11H,6-7,10H2. The van der Waals surface area contributed by atoms with Crippen molar-refractivity contribution in [2.45, 2.75) is 19.4 Å². The molecule has 2 nitrogen and oxygen atoms in total. The molecule has 1 aliphatic carbocycles. The van der Waals surface area contributed by atoms with Gasteiger partial charge in [-0.05, 0) is 18.4 Å². The Hall–Kier alpha value is -1.75. The van der Waals surface area contributed by atoms with Crippen molar-refractivity contribution in [2.24, 2.45) is 5.92 Å². The zero-order valence-electron chi connectivity index (χ0n) is 8.40. The predicted molar refractivity (Wildman–Crippen MR) is 56.7 cm³/mol. The van der Waals surface area contributed by atoms with Crippen molar-refractivity contribution < 1.29 is 9.53 Å². The van der Waals surface area contributed by atoms with Crippen LogP contribution in [0, 0.1) is 17.8 Å². The molecule has 2 heteroatoms. The van der Waals surface area contributed by atoms with Gasteiger partial charge in [0.2, 0.25) is 0 Å². The largest absolute Gasteiger partial charge is 0.451 e. The van der Waals surface area contributed by atoms with E-state index in [-0.39, 0.29) is 0 Å². The fourth-order valence-electron chi connectivity index (χ4n) is 1.15. The Kier molecular flexibility index (Phi) is 3.04. The van der Waals surface area contributed by atoms with Crippen molar-refractivity contribution in [2.75, 3.05) is 0 Å². The molecule has 0 radical (unpaired) electrons. The van der Waals surface area contributed by atoms with Crippen LogP contribution in [0.1, 0.15) is 18.4 Å². The van der Waals surface area contributed by atoms with E-state index in [4.69, 9.17) is 4.74 Å². The summed E-state index contributed by atoms with van der Waals surface area (Å²) in [6.45, 7) is 0.305. The lowest BCUT2D eigenvalue weighted by Gasteiger charge is -1.99. The fraction of sp³-hybridized carbons (Fsp3) is 0.308. The monoisotopic (exact) mass is 200 g/mol. The molecule has 15 heavy (non-hydrogen) atoms. The first kappa shape index (κ1) is 9.79. The van der Waals surface area contributed by atoms with E-state index in [1.165, 1.54) is 0 Å². The maximum atomic E-state index is 11.2. The Bertz CT molecular complexity index is 394. The smallest absolute Gasteiger partial charge is 0.384 e. The summed E-state index contributed by atoms with van der Waals surface area (Å²) >= 11 is 0. The first-order valence-corrected chi connectivity index (χ1v) is 5.07. The van der Waals surface area contributed by atoms with Crippen LogP contribution in [-0.4, -0.2) is 5.97 Å². The Morgan fingerprint density at radius 1 is 1.33 bits per heavy atom. The number of hydrogen-bond donors (Lipinski definition) is 0. The van der Waals surface area contributed by atoms with Gasteiger partial charge in [-0.2, -0.15) is 0 Å². The highest BCUT2D eigenvalue weighted by molar-refractivity contribution is 5.88. The van der Waals surface area contributed by atoms with Gasteiger partial charge in [0.1, 0.15) is 6.61 Å². The maximum absolute atomic E-state index is 11.2. The third kappa shape index (κ3) is 3.47. The van der Waals surface area contributed by atoms with E-state index in [1.807, 2.05) is 30.3 Å². The van der Waals surface area contributed by atoms with Gasteiger partial charge in [-0.3, -0.25) is 0 Å². The highest BCUT2D eigenvalue weighted by Crippen LogP contribution is 2.27. The zero-order valence-corrected chi connectivity index (χ0v) is 8.40. The summed E-state index contributed by atoms with van der Waals surface area (Å²) in [7, 11) is 0. The summed E-state index contributed by atoms with van der Waals surface area (Å²) in [4.78, 5) is 11.2. The van der Waals surface area contributed by atoms with Crippen molar-refractivity contribution in [3.63, 3.8) is 0 Å². The Balaban J connectivity index is 1.78. The van der Waals surface area contributed by atoms with Crippen molar-refractivity contribution in [3.8, 4) is 11.8 Å². The average molecular weight is 200 g/mol. The Morgan fingerprint density at radius 3 is 2.73 bits per heavy atom. The van der Waals surface area contributed by atoms with Crippen LogP contribution < -0.4 is 0 Å². The molecule has 0 heterocycles. The molecule has 0 aromatic heterocycles. The summed E-state index contributed by atoms with van der Waals surface area (Å²) in [5, 5.41) is 0. The molecule has 1 saturated carbocycles. The number of esters is 1. The lowest BCUT2D eigenvalue weighted by molar-refractivity contribution is -0.137. The minimum absolute atomic E-state index is 0.305. The molecule has 76 valence electrons. The van der Waals surface area contributed by atoms with Crippen LogP contribution in [0.15, 0.2) is 30.3 Å². The molecule has 0 amide bonds. The second-order valence-corrected chi connectivity index (χ2v) is 3.61. The van der Waals surface area contributed by atoms with Gasteiger partial charge in [0.05, 0.1) is 0 Å². The van der Waals surface area contributed by atoms with E-state index in [0.29, 0.717) is 12.5 Å². The number of rotatable bonds is 2. The minimum Gasteiger partial charge on any atom is -0.451 e. The molecule has 0 aliphatic heterocycles. The summed E-state index contributed by atoms with van der Waals surface area (Å²) in [6.07, 6.45) is 2.25. The van der Waals surface area contributed by atoms with Crippen LogP contribution in [0.3, 0.4) is 0 Å². The topological polar surface area (TPSA) is 26.3 Å². The van der Waals surface area contributed by atoms with Crippen LogP contribution in [-0.2, 0) is 16.1 Å². The van der Waals surface area contributed by atoms with Gasteiger partial charge >= 0.3 is 5.97 Å². The molecule has 0 atom stereocenters. The van der Waals surface area contributed by atoms with E-state index in [9.17, 15) is 4.79 Å². The predicted octanol–water partition coefficient (Wildman–Crippen LogP) is 2.14. The first-order valence-electron chi connectivity index (χ1n) is 5.07. The number of hydrogen-bond acceptors (Lipinski definition) is 2. The number of carbonyl (C=O) groups excluding carboxylic acids is 1. The lowest BCUT2D eigenvalue weighted by Crippen LogP contribution is -2.01. The first-order chi connectivity index (χ1) is 7.34. The molecule has 0 bridgehead atoms. The third-order valence-electron chi connectivity index (χ3n) is 2.17. The van der Waals surface area contributed by atoms with E-state index < -0.39 is 5.97 Å². The van der Waals surface area contributed by atoms with Crippen LogP contribution in [0.25, 0.3) is 0 Å². The molecule has 0 spiro atoms. The highest BCUT2D eigenvalue weighted by atomic mass is 16.5. The zero-order chi connectivity index (χ0) is 10.5. The van der Waals surface area contributed by atoms with Crippen LogP contribution >= 0.6 is 0 Å². The SMILES string of the molecule is O=C(C#CC1CC1)OCc1ccccc1. The molecule has 0 N–H and O–H groups in total.